The maximum Gasteiger partial charge on any atom is 0.264 e. The van der Waals surface area contributed by atoms with Crippen LogP contribution in [-0.4, -0.2) is 8.42 Å². The summed E-state index contributed by atoms with van der Waals surface area (Å²) in [5.41, 5.74) is 5.87. The number of aryl methyl sites for hydroxylation is 4. The first kappa shape index (κ1) is 19.2. The summed E-state index contributed by atoms with van der Waals surface area (Å²) < 4.78 is 28.5. The van der Waals surface area contributed by atoms with E-state index < -0.39 is 10.0 Å². The molecule has 3 aromatic carbocycles. The van der Waals surface area contributed by atoms with Gasteiger partial charge >= 0.3 is 0 Å². The Hall–Kier alpha value is -2.59. The van der Waals surface area contributed by atoms with Crippen molar-refractivity contribution in [1.29, 1.82) is 0 Å². The Labute approximate surface area is 162 Å². The zero-order valence-electron chi connectivity index (χ0n) is 16.2. The number of hydrogen-bond donors (Lipinski definition) is 0. The summed E-state index contributed by atoms with van der Waals surface area (Å²) in [5.74, 6) is 0. The van der Waals surface area contributed by atoms with Gasteiger partial charge < -0.3 is 0 Å². The molecule has 0 amide bonds. The van der Waals surface area contributed by atoms with Crippen molar-refractivity contribution in [2.24, 2.45) is 0 Å². The number of rotatable bonds is 5. The van der Waals surface area contributed by atoms with E-state index in [9.17, 15) is 8.42 Å². The largest absolute Gasteiger partial charge is 0.264 e. The molecule has 0 spiro atoms. The third kappa shape index (κ3) is 4.22. The third-order valence-corrected chi connectivity index (χ3v) is 6.47. The number of anilines is 1. The van der Waals surface area contributed by atoms with Gasteiger partial charge in [0.25, 0.3) is 10.0 Å². The van der Waals surface area contributed by atoms with Crippen molar-refractivity contribution in [1.82, 2.24) is 0 Å². The van der Waals surface area contributed by atoms with E-state index in [1.54, 1.807) is 12.1 Å². The second-order valence-electron chi connectivity index (χ2n) is 7.10. The first-order valence-corrected chi connectivity index (χ1v) is 10.4. The minimum atomic E-state index is -3.69. The van der Waals surface area contributed by atoms with Crippen molar-refractivity contribution < 1.29 is 8.42 Å². The molecule has 27 heavy (non-hydrogen) atoms. The van der Waals surface area contributed by atoms with E-state index in [0.717, 1.165) is 27.8 Å². The van der Waals surface area contributed by atoms with Gasteiger partial charge in [0.1, 0.15) is 0 Å². The van der Waals surface area contributed by atoms with E-state index in [1.807, 2.05) is 82.3 Å². The lowest BCUT2D eigenvalue weighted by Gasteiger charge is -2.26. The summed E-state index contributed by atoms with van der Waals surface area (Å²) in [6, 6.07) is 20.8. The van der Waals surface area contributed by atoms with Crippen molar-refractivity contribution in [2.45, 2.75) is 39.1 Å². The molecule has 0 saturated heterocycles. The molecular formula is C23H25NO2S. The molecule has 0 N–H and O–H groups in total. The summed E-state index contributed by atoms with van der Waals surface area (Å²) in [7, 11) is -3.69. The van der Waals surface area contributed by atoms with Crippen molar-refractivity contribution in [2.75, 3.05) is 4.31 Å². The number of benzene rings is 3. The van der Waals surface area contributed by atoms with Gasteiger partial charge in [-0.1, -0.05) is 48.0 Å². The van der Waals surface area contributed by atoms with Gasteiger partial charge in [-0.25, -0.2) is 8.42 Å². The molecule has 4 heteroatoms. The highest BCUT2D eigenvalue weighted by Gasteiger charge is 2.26. The zero-order chi connectivity index (χ0) is 19.6. The van der Waals surface area contributed by atoms with E-state index in [2.05, 4.69) is 0 Å². The van der Waals surface area contributed by atoms with Crippen molar-refractivity contribution in [3.05, 3.63) is 94.5 Å². The fourth-order valence-corrected chi connectivity index (χ4v) is 4.62. The minimum absolute atomic E-state index is 0.297. The molecule has 0 fully saturated rings. The Kier molecular flexibility index (Phi) is 5.38. The second-order valence-corrected chi connectivity index (χ2v) is 8.96. The van der Waals surface area contributed by atoms with Gasteiger partial charge in [-0.2, -0.15) is 0 Å². The average Bonchev–Trinajstić information content (AvgIpc) is 2.60. The molecule has 0 unspecified atom stereocenters. The maximum absolute atomic E-state index is 13.5. The Morgan fingerprint density at radius 3 is 1.93 bits per heavy atom. The second kappa shape index (κ2) is 7.57. The number of hydrogen-bond acceptors (Lipinski definition) is 2. The molecule has 0 atom stereocenters. The summed E-state index contributed by atoms with van der Waals surface area (Å²) in [6.45, 7) is 8.23. The van der Waals surface area contributed by atoms with Crippen LogP contribution < -0.4 is 4.31 Å². The fraction of sp³-hybridized carbons (Fsp3) is 0.217. The van der Waals surface area contributed by atoms with Crippen LogP contribution >= 0.6 is 0 Å². The maximum atomic E-state index is 13.5. The molecule has 0 aliphatic rings. The monoisotopic (exact) mass is 379 g/mol. The van der Waals surface area contributed by atoms with Crippen LogP contribution in [0.1, 0.15) is 27.8 Å². The van der Waals surface area contributed by atoms with E-state index >= 15 is 0 Å². The lowest BCUT2D eigenvalue weighted by Crippen LogP contribution is -2.31. The molecule has 0 bridgehead atoms. The van der Waals surface area contributed by atoms with Crippen LogP contribution in [0.25, 0.3) is 0 Å². The third-order valence-electron chi connectivity index (χ3n) is 4.68. The topological polar surface area (TPSA) is 37.4 Å². The van der Waals surface area contributed by atoms with Crippen LogP contribution in [0, 0.1) is 27.7 Å². The lowest BCUT2D eigenvalue weighted by molar-refractivity contribution is 0.590. The molecule has 0 heterocycles. The minimum Gasteiger partial charge on any atom is -0.262 e. The smallest absolute Gasteiger partial charge is 0.262 e. The van der Waals surface area contributed by atoms with Gasteiger partial charge in [0.05, 0.1) is 17.1 Å². The van der Waals surface area contributed by atoms with Crippen molar-refractivity contribution >= 4 is 15.7 Å². The Morgan fingerprint density at radius 2 is 1.33 bits per heavy atom. The predicted molar refractivity (Wildman–Crippen MR) is 112 cm³/mol. The van der Waals surface area contributed by atoms with Crippen LogP contribution in [0.5, 0.6) is 0 Å². The standard InChI is InChI=1S/C23H25NO2S/c1-17-9-11-23(12-10-17)27(25,26)24(16-21-8-6-5-7-20(21)4)22-14-18(2)13-19(3)15-22/h5-15H,16H2,1-4H3. The molecule has 140 valence electrons. The van der Waals surface area contributed by atoms with Crippen LogP contribution in [0.3, 0.4) is 0 Å². The van der Waals surface area contributed by atoms with Gasteiger partial charge in [0.2, 0.25) is 0 Å². The highest BCUT2D eigenvalue weighted by Crippen LogP contribution is 2.28. The quantitative estimate of drug-likeness (QED) is 0.602. The summed E-state index contributed by atoms with van der Waals surface area (Å²) in [4.78, 5) is 0.306. The molecule has 0 saturated carbocycles. The predicted octanol–water partition coefficient (Wildman–Crippen LogP) is 5.32. The van der Waals surface area contributed by atoms with Crippen molar-refractivity contribution in [3.8, 4) is 0 Å². The van der Waals surface area contributed by atoms with E-state index in [0.29, 0.717) is 17.1 Å². The molecule has 0 aliphatic carbocycles. The van der Waals surface area contributed by atoms with Gasteiger partial charge in [0.15, 0.2) is 0 Å². The summed E-state index contributed by atoms with van der Waals surface area (Å²) in [5, 5.41) is 0. The molecule has 0 aromatic heterocycles. The SMILES string of the molecule is Cc1ccc(S(=O)(=O)N(Cc2ccccc2C)c2cc(C)cc(C)c2)cc1. The van der Waals surface area contributed by atoms with Gasteiger partial charge in [-0.15, -0.1) is 0 Å². The lowest BCUT2D eigenvalue weighted by atomic mass is 10.1. The van der Waals surface area contributed by atoms with E-state index in [1.165, 1.54) is 4.31 Å². The van der Waals surface area contributed by atoms with Crippen LogP contribution in [0.4, 0.5) is 5.69 Å². The highest BCUT2D eigenvalue weighted by molar-refractivity contribution is 7.92. The highest BCUT2D eigenvalue weighted by atomic mass is 32.2. The summed E-state index contributed by atoms with van der Waals surface area (Å²) >= 11 is 0. The molecule has 0 aliphatic heterocycles. The fourth-order valence-electron chi connectivity index (χ4n) is 3.19. The normalized spacial score (nSPS) is 11.4. The van der Waals surface area contributed by atoms with Gasteiger partial charge in [-0.3, -0.25) is 4.31 Å². The van der Waals surface area contributed by atoms with Crippen molar-refractivity contribution in [3.63, 3.8) is 0 Å². The number of sulfonamides is 1. The first-order valence-electron chi connectivity index (χ1n) is 8.99. The van der Waals surface area contributed by atoms with Crippen LogP contribution in [0.15, 0.2) is 71.6 Å². The molecule has 0 radical (unpaired) electrons. The summed E-state index contributed by atoms with van der Waals surface area (Å²) in [6.07, 6.45) is 0. The Bertz CT molecular complexity index is 1030. The van der Waals surface area contributed by atoms with Gasteiger partial charge in [-0.05, 0) is 74.2 Å². The molecular weight excluding hydrogens is 354 g/mol. The first-order chi connectivity index (χ1) is 12.8. The average molecular weight is 380 g/mol. The Morgan fingerprint density at radius 1 is 0.741 bits per heavy atom. The van der Waals surface area contributed by atoms with E-state index in [4.69, 9.17) is 0 Å². The molecule has 3 nitrogen and oxygen atoms in total. The molecule has 3 aromatic rings. The van der Waals surface area contributed by atoms with E-state index in [-0.39, 0.29) is 0 Å². The van der Waals surface area contributed by atoms with Gasteiger partial charge in [0, 0.05) is 0 Å². The zero-order valence-corrected chi connectivity index (χ0v) is 17.0. The van der Waals surface area contributed by atoms with Crippen LogP contribution in [0.2, 0.25) is 0 Å². The van der Waals surface area contributed by atoms with Crippen LogP contribution in [-0.2, 0) is 16.6 Å². The Balaban J connectivity index is 2.14. The number of nitrogens with zero attached hydrogens (tertiary/aromatic N) is 1. The molecule has 3 rings (SSSR count).